The summed E-state index contributed by atoms with van der Waals surface area (Å²) in [6.07, 6.45) is -14.3. The highest BCUT2D eigenvalue weighted by molar-refractivity contribution is 7.93. The molecule has 14 nitrogen and oxygen atoms in total. The highest BCUT2D eigenvalue weighted by Gasteiger charge is 2.80. The van der Waals surface area contributed by atoms with Gasteiger partial charge in [-0.15, -0.1) is 0 Å². The number of benzene rings is 4. The SMILES string of the molecule is O=[N+]([O-])c1cc(S(=O)(=O)C(F)(F)C(F)(F)C(F)(F)F)c(Cl)cc1Oc1ccc(S(=O)(=O)c2ccc(Oc3cc(Cl)c(S(=O)(=O)C(F)(F)C(F)(F)C(F)(F)F)cc3[N+](=O)[O-])cc2)cc1. The number of nitro benzene ring substituents is 2. The normalized spacial score (nSPS) is 13.7. The molecule has 0 radical (unpaired) electrons. The van der Waals surface area contributed by atoms with Gasteiger partial charge in [0.25, 0.3) is 19.7 Å². The minimum absolute atomic E-state index is 0.0832. The average Bonchev–Trinajstić information content (AvgIpc) is 3.13. The lowest BCUT2D eigenvalue weighted by atomic mass is 10.3. The van der Waals surface area contributed by atoms with E-state index in [2.05, 4.69) is 0 Å². The molecule has 344 valence electrons. The molecule has 0 aliphatic heterocycles. The number of ether oxygens (including phenoxy) is 2. The molecule has 0 saturated heterocycles. The highest BCUT2D eigenvalue weighted by Crippen LogP contribution is 2.54. The van der Waals surface area contributed by atoms with Crippen LogP contribution in [0.2, 0.25) is 10.0 Å². The first-order valence-electron chi connectivity index (χ1n) is 15.2. The van der Waals surface area contributed by atoms with Gasteiger partial charge in [0, 0.05) is 24.3 Å². The summed E-state index contributed by atoms with van der Waals surface area (Å²) in [5.41, 5.74) is -3.27. The molecule has 0 aromatic heterocycles. The third kappa shape index (κ3) is 8.58. The van der Waals surface area contributed by atoms with E-state index in [0.29, 0.717) is 0 Å². The molecule has 0 aliphatic carbocycles. The Labute approximate surface area is 349 Å². The molecule has 0 bridgehead atoms. The fourth-order valence-corrected chi connectivity index (χ4v) is 9.42. The molecule has 33 heteroatoms. The Bertz CT molecular complexity index is 2660. The van der Waals surface area contributed by atoms with E-state index in [4.69, 9.17) is 32.7 Å². The minimum atomic E-state index is -7.22. The highest BCUT2D eigenvalue weighted by atomic mass is 35.5. The number of rotatable bonds is 14. The van der Waals surface area contributed by atoms with Gasteiger partial charge in [0.1, 0.15) is 11.5 Å². The van der Waals surface area contributed by atoms with Crippen LogP contribution in [0.4, 0.5) is 72.8 Å². The first kappa shape index (κ1) is 50.4. The van der Waals surface area contributed by atoms with Crippen LogP contribution in [0.25, 0.3) is 0 Å². The van der Waals surface area contributed by atoms with Crippen molar-refractivity contribution < 1.29 is 106 Å². The van der Waals surface area contributed by atoms with Gasteiger partial charge in [0.05, 0.1) is 39.5 Å². The van der Waals surface area contributed by atoms with E-state index in [1.54, 1.807) is 0 Å². The van der Waals surface area contributed by atoms with Gasteiger partial charge >= 0.3 is 46.1 Å². The van der Waals surface area contributed by atoms with Crippen molar-refractivity contribution in [3.63, 3.8) is 0 Å². The second-order valence-electron chi connectivity index (χ2n) is 11.9. The van der Waals surface area contributed by atoms with Gasteiger partial charge in [-0.3, -0.25) is 20.2 Å². The molecule has 0 amide bonds. The summed E-state index contributed by atoms with van der Waals surface area (Å²) in [6.45, 7) is 0. The molecule has 63 heavy (non-hydrogen) atoms. The summed E-state index contributed by atoms with van der Waals surface area (Å²) in [7, 11) is -18.9. The lowest BCUT2D eigenvalue weighted by molar-refractivity contribution is -0.386. The Morgan fingerprint density at radius 3 is 0.984 bits per heavy atom. The van der Waals surface area contributed by atoms with Gasteiger partial charge in [-0.25, -0.2) is 25.3 Å². The van der Waals surface area contributed by atoms with Gasteiger partial charge in [0.15, 0.2) is 0 Å². The maximum Gasteiger partial charge on any atom is 0.461 e. The van der Waals surface area contributed by atoms with Crippen LogP contribution in [0.15, 0.2) is 92.4 Å². The van der Waals surface area contributed by atoms with E-state index in [1.165, 1.54) is 0 Å². The van der Waals surface area contributed by atoms with Gasteiger partial charge in [0.2, 0.25) is 21.3 Å². The van der Waals surface area contributed by atoms with Crippen molar-refractivity contribution in [2.24, 2.45) is 0 Å². The molecular formula is C30H12Cl2F14N2O12S3. The lowest BCUT2D eigenvalue weighted by Gasteiger charge is -2.28. The summed E-state index contributed by atoms with van der Waals surface area (Å²) in [5.74, 6) is -17.9. The number of sulfone groups is 3. The topological polar surface area (TPSA) is 207 Å². The van der Waals surface area contributed by atoms with Crippen molar-refractivity contribution in [3.05, 3.63) is 103 Å². The van der Waals surface area contributed by atoms with Crippen LogP contribution >= 0.6 is 23.2 Å². The van der Waals surface area contributed by atoms with Crippen molar-refractivity contribution in [3.8, 4) is 23.0 Å². The first-order valence-corrected chi connectivity index (χ1v) is 20.4. The predicted octanol–water partition coefficient (Wildman–Crippen LogP) is 10.4. The average molecular weight is 1030 g/mol. The van der Waals surface area contributed by atoms with Gasteiger partial charge in [-0.2, -0.15) is 61.5 Å². The maximum absolute atomic E-state index is 14.2. The van der Waals surface area contributed by atoms with Crippen molar-refractivity contribution in [2.75, 3.05) is 0 Å². The van der Waals surface area contributed by atoms with Crippen LogP contribution in [-0.4, -0.2) is 69.8 Å². The van der Waals surface area contributed by atoms with E-state index in [0.717, 1.165) is 48.5 Å². The number of halogens is 16. The van der Waals surface area contributed by atoms with Crippen LogP contribution in [-0.2, 0) is 29.5 Å². The molecular weight excluding hydrogens is 1010 g/mol. The number of nitrogens with zero attached hydrogens (tertiary/aromatic N) is 2. The number of hydrogen-bond donors (Lipinski definition) is 0. The zero-order chi connectivity index (χ0) is 48.5. The van der Waals surface area contributed by atoms with Crippen LogP contribution in [0, 0.1) is 20.2 Å². The lowest BCUT2D eigenvalue weighted by Crippen LogP contribution is -2.55. The Morgan fingerprint density at radius 2 is 0.746 bits per heavy atom. The van der Waals surface area contributed by atoms with Crippen molar-refractivity contribution >= 4 is 64.1 Å². The zero-order valence-electron chi connectivity index (χ0n) is 29.0. The molecule has 0 saturated carbocycles. The van der Waals surface area contributed by atoms with E-state index in [9.17, 15) is 107 Å². The van der Waals surface area contributed by atoms with E-state index >= 15 is 0 Å². The zero-order valence-corrected chi connectivity index (χ0v) is 33.0. The first-order chi connectivity index (χ1) is 28.3. The second-order valence-corrected chi connectivity index (χ2v) is 18.5. The largest absolute Gasteiger partial charge is 0.461 e. The van der Waals surface area contributed by atoms with Crippen molar-refractivity contribution in [2.45, 2.75) is 54.3 Å². The van der Waals surface area contributed by atoms with Crippen LogP contribution in [0.5, 0.6) is 23.0 Å². The minimum Gasteiger partial charge on any atom is -0.450 e. The fourth-order valence-electron chi connectivity index (χ4n) is 4.62. The van der Waals surface area contributed by atoms with E-state index in [1.807, 2.05) is 0 Å². The van der Waals surface area contributed by atoms with Crippen molar-refractivity contribution in [1.29, 1.82) is 0 Å². The standard InChI is InChI=1S/C30H12Cl2F14N2O12S3/c31-17-9-21(19(47(49)50)11-23(17)62(55,56)29(43,44)25(33,34)27(37,38)39)59-13-1-5-15(6-2-13)61(53,54)16-7-3-14(4-8-16)60-22-10-18(32)24(12-20(22)48(51)52)63(57,58)30(45,46)26(35,36)28(40,41)42/h1-12H. The number of hydrogen-bond acceptors (Lipinski definition) is 12. The summed E-state index contributed by atoms with van der Waals surface area (Å²) in [5, 5.41) is 6.21. The molecule has 4 aromatic rings. The quantitative estimate of drug-likeness (QED) is 0.0657. The molecule has 0 fully saturated rings. The second kappa shape index (κ2) is 16.1. The summed E-state index contributed by atoms with van der Waals surface area (Å²) >= 11 is 11.1. The van der Waals surface area contributed by atoms with Crippen LogP contribution in [0.3, 0.4) is 0 Å². The Kier molecular flexibility index (Phi) is 12.8. The summed E-state index contributed by atoms with van der Waals surface area (Å²) in [4.78, 5) is 14.4. The molecule has 0 heterocycles. The Morgan fingerprint density at radius 1 is 0.476 bits per heavy atom. The number of alkyl halides is 14. The molecule has 0 aliphatic rings. The predicted molar refractivity (Wildman–Crippen MR) is 181 cm³/mol. The molecule has 0 unspecified atom stereocenters. The Balaban J connectivity index is 1.62. The Hall–Kier alpha value is -5.27. The molecule has 4 rings (SSSR count). The van der Waals surface area contributed by atoms with Gasteiger partial charge in [-0.1, -0.05) is 23.2 Å². The van der Waals surface area contributed by atoms with Crippen molar-refractivity contribution in [1.82, 2.24) is 0 Å². The van der Waals surface area contributed by atoms with Gasteiger partial charge < -0.3 is 9.47 Å². The van der Waals surface area contributed by atoms with E-state index < -0.39 is 150 Å². The third-order valence-corrected chi connectivity index (χ3v) is 14.2. The molecule has 0 atom stereocenters. The maximum atomic E-state index is 14.2. The fraction of sp³-hybridized carbons (Fsp3) is 0.200. The van der Waals surface area contributed by atoms with Crippen LogP contribution in [0.1, 0.15) is 0 Å². The van der Waals surface area contributed by atoms with E-state index in [-0.39, 0.29) is 12.1 Å². The molecule has 0 N–H and O–H groups in total. The number of nitro groups is 2. The summed E-state index contributed by atoms with van der Waals surface area (Å²) in [6, 6.07) is 5.39. The third-order valence-electron chi connectivity index (χ3n) is 7.84. The molecule has 0 spiro atoms. The van der Waals surface area contributed by atoms with Gasteiger partial charge in [-0.05, 0) is 48.5 Å². The summed E-state index contributed by atoms with van der Waals surface area (Å²) < 4.78 is 273. The smallest absolute Gasteiger partial charge is 0.450 e. The van der Waals surface area contributed by atoms with Crippen LogP contribution < -0.4 is 9.47 Å². The monoisotopic (exact) mass is 1020 g/mol. The molecule has 4 aromatic carbocycles.